The Kier molecular flexibility index (Phi) is 4.31. The molecule has 3 aromatic rings. The number of nitrogens with one attached hydrogen (secondary N) is 1. The number of aliphatic hydroxyl groups excluding tert-OH is 1. The first kappa shape index (κ1) is 16.3. The van der Waals surface area contributed by atoms with Crippen LogP contribution in [0.4, 0.5) is 0 Å². The van der Waals surface area contributed by atoms with E-state index in [0.29, 0.717) is 12.0 Å². The van der Waals surface area contributed by atoms with Crippen molar-refractivity contribution in [3.05, 3.63) is 48.2 Å². The number of pyridine rings is 1. The van der Waals surface area contributed by atoms with Crippen LogP contribution in [0.2, 0.25) is 0 Å². The highest BCUT2D eigenvalue weighted by Gasteiger charge is 2.34. The highest BCUT2D eigenvalue weighted by atomic mass is 16.3. The van der Waals surface area contributed by atoms with Crippen molar-refractivity contribution in [3.8, 4) is 0 Å². The minimum absolute atomic E-state index is 0.213. The van der Waals surface area contributed by atoms with Gasteiger partial charge in [0.1, 0.15) is 0 Å². The summed E-state index contributed by atoms with van der Waals surface area (Å²) in [6.45, 7) is 7.19. The normalized spacial score (nSPS) is 21.6. The first-order valence-electron chi connectivity index (χ1n) is 8.93. The number of aromatic amines is 1. The van der Waals surface area contributed by atoms with Gasteiger partial charge in [-0.05, 0) is 31.5 Å². The second kappa shape index (κ2) is 6.61. The Morgan fingerprint density at radius 1 is 1.32 bits per heavy atom. The summed E-state index contributed by atoms with van der Waals surface area (Å²) in [7, 11) is 0. The van der Waals surface area contributed by atoms with E-state index in [4.69, 9.17) is 0 Å². The highest BCUT2D eigenvalue weighted by molar-refractivity contribution is 5.79. The molecule has 3 aromatic heterocycles. The number of hydrogen-bond donors (Lipinski definition) is 2. The minimum atomic E-state index is 0.213. The van der Waals surface area contributed by atoms with Gasteiger partial charge in [0.2, 0.25) is 0 Å². The number of nitrogens with zero attached hydrogens (tertiary/aromatic N) is 4. The predicted molar refractivity (Wildman–Crippen MR) is 97.3 cm³/mol. The number of rotatable bonds is 5. The van der Waals surface area contributed by atoms with Crippen LogP contribution >= 0.6 is 0 Å². The molecular formula is C19H25N5O. The largest absolute Gasteiger partial charge is 0.396 e. The van der Waals surface area contributed by atoms with Gasteiger partial charge in [-0.25, -0.2) is 0 Å². The zero-order valence-electron chi connectivity index (χ0n) is 14.8. The minimum Gasteiger partial charge on any atom is -0.396 e. The van der Waals surface area contributed by atoms with Crippen molar-refractivity contribution in [3.63, 3.8) is 0 Å². The topological polar surface area (TPSA) is 70.0 Å². The van der Waals surface area contributed by atoms with Crippen molar-refractivity contribution in [2.75, 3.05) is 19.7 Å². The van der Waals surface area contributed by atoms with E-state index in [9.17, 15) is 5.11 Å². The zero-order valence-corrected chi connectivity index (χ0v) is 14.8. The quantitative estimate of drug-likeness (QED) is 0.749. The average Bonchev–Trinajstić information content (AvgIpc) is 3.31. The standard InChI is InChI=1S/C19H25N5O/c1-13(2)24-9-15(7-21-24)18-11-23(8-16(18)12-25)10-17-5-14-6-20-4-3-19(14)22-17/h3-7,9,13,16,18,22,25H,8,10-12H2,1-2H3/t16-,18-/m0/s1. The Balaban J connectivity index is 1.50. The molecule has 1 aliphatic heterocycles. The fraction of sp³-hybridized carbons (Fsp3) is 0.474. The van der Waals surface area contributed by atoms with E-state index in [1.807, 2.05) is 29.3 Å². The molecule has 4 rings (SSSR count). The molecule has 0 aromatic carbocycles. The van der Waals surface area contributed by atoms with Crippen LogP contribution in [0.3, 0.4) is 0 Å². The van der Waals surface area contributed by atoms with Crippen molar-refractivity contribution >= 4 is 10.9 Å². The number of likely N-dealkylation sites (tertiary alicyclic amines) is 1. The number of H-pyrrole nitrogens is 1. The molecule has 0 bridgehead atoms. The van der Waals surface area contributed by atoms with E-state index < -0.39 is 0 Å². The summed E-state index contributed by atoms with van der Waals surface area (Å²) >= 11 is 0. The predicted octanol–water partition coefficient (Wildman–Crippen LogP) is 2.55. The Morgan fingerprint density at radius 2 is 2.20 bits per heavy atom. The van der Waals surface area contributed by atoms with E-state index in [1.165, 1.54) is 11.3 Å². The van der Waals surface area contributed by atoms with Crippen molar-refractivity contribution in [1.29, 1.82) is 0 Å². The second-order valence-corrected chi connectivity index (χ2v) is 7.35. The molecule has 2 atom stereocenters. The Bertz CT molecular complexity index is 819. The molecule has 1 saturated heterocycles. The number of fused-ring (bicyclic) bond motifs is 1. The first-order chi connectivity index (χ1) is 12.1. The van der Waals surface area contributed by atoms with Crippen LogP contribution in [-0.4, -0.2) is 49.5 Å². The molecule has 132 valence electrons. The lowest BCUT2D eigenvalue weighted by Crippen LogP contribution is -2.21. The van der Waals surface area contributed by atoms with Gasteiger partial charge in [-0.3, -0.25) is 14.6 Å². The summed E-state index contributed by atoms with van der Waals surface area (Å²) in [5.74, 6) is 0.597. The second-order valence-electron chi connectivity index (χ2n) is 7.35. The zero-order chi connectivity index (χ0) is 17.4. The van der Waals surface area contributed by atoms with Gasteiger partial charge in [0.05, 0.1) is 6.20 Å². The number of aliphatic hydroxyl groups is 1. The Morgan fingerprint density at radius 3 is 2.92 bits per heavy atom. The van der Waals surface area contributed by atoms with E-state index in [0.717, 1.165) is 30.5 Å². The van der Waals surface area contributed by atoms with Crippen molar-refractivity contribution in [1.82, 2.24) is 24.6 Å². The average molecular weight is 339 g/mol. The van der Waals surface area contributed by atoms with Gasteiger partial charge in [0, 0.05) is 79.3 Å². The fourth-order valence-electron chi connectivity index (χ4n) is 3.84. The van der Waals surface area contributed by atoms with Crippen LogP contribution in [0.25, 0.3) is 10.9 Å². The van der Waals surface area contributed by atoms with Gasteiger partial charge < -0.3 is 10.1 Å². The highest BCUT2D eigenvalue weighted by Crippen LogP contribution is 2.33. The lowest BCUT2D eigenvalue weighted by Gasteiger charge is -2.14. The summed E-state index contributed by atoms with van der Waals surface area (Å²) in [5.41, 5.74) is 3.55. The summed E-state index contributed by atoms with van der Waals surface area (Å²) in [4.78, 5) is 10.1. The Labute approximate surface area is 147 Å². The first-order valence-corrected chi connectivity index (χ1v) is 8.93. The molecule has 25 heavy (non-hydrogen) atoms. The van der Waals surface area contributed by atoms with Gasteiger partial charge in [-0.1, -0.05) is 0 Å². The van der Waals surface area contributed by atoms with Crippen LogP contribution in [-0.2, 0) is 6.54 Å². The van der Waals surface area contributed by atoms with Crippen molar-refractivity contribution in [2.45, 2.75) is 32.4 Å². The maximum atomic E-state index is 9.84. The van der Waals surface area contributed by atoms with Crippen LogP contribution in [0.5, 0.6) is 0 Å². The van der Waals surface area contributed by atoms with Crippen LogP contribution in [0, 0.1) is 5.92 Å². The van der Waals surface area contributed by atoms with Gasteiger partial charge >= 0.3 is 0 Å². The van der Waals surface area contributed by atoms with Crippen LogP contribution in [0.1, 0.15) is 37.1 Å². The van der Waals surface area contributed by atoms with E-state index >= 15 is 0 Å². The summed E-state index contributed by atoms with van der Waals surface area (Å²) in [5, 5.41) is 15.5. The SMILES string of the molecule is CC(C)n1cc([C@@H]2CN(Cc3cc4cnccc4[nH]3)C[C@H]2CO)cn1. The molecule has 0 saturated carbocycles. The number of hydrogen-bond acceptors (Lipinski definition) is 4. The molecule has 0 amide bonds. The molecule has 0 spiro atoms. The molecular weight excluding hydrogens is 314 g/mol. The smallest absolute Gasteiger partial charge is 0.0525 e. The van der Waals surface area contributed by atoms with E-state index in [1.54, 1.807) is 0 Å². The molecule has 6 heteroatoms. The summed E-state index contributed by atoms with van der Waals surface area (Å²) in [6.07, 6.45) is 7.79. The molecule has 4 heterocycles. The molecule has 6 nitrogen and oxygen atoms in total. The maximum absolute atomic E-state index is 9.84. The third-order valence-electron chi connectivity index (χ3n) is 5.20. The fourth-order valence-corrected chi connectivity index (χ4v) is 3.84. The molecule has 2 N–H and O–H groups in total. The third kappa shape index (κ3) is 3.19. The molecule has 0 radical (unpaired) electrons. The summed E-state index contributed by atoms with van der Waals surface area (Å²) in [6, 6.07) is 4.53. The van der Waals surface area contributed by atoms with Crippen molar-refractivity contribution in [2.24, 2.45) is 5.92 Å². The van der Waals surface area contributed by atoms with Crippen molar-refractivity contribution < 1.29 is 5.11 Å². The van der Waals surface area contributed by atoms with Gasteiger partial charge in [-0.15, -0.1) is 0 Å². The Hall–Kier alpha value is -2.18. The molecule has 1 fully saturated rings. The van der Waals surface area contributed by atoms with Gasteiger partial charge in [0.15, 0.2) is 0 Å². The van der Waals surface area contributed by atoms with Gasteiger partial charge in [-0.2, -0.15) is 5.10 Å². The summed E-state index contributed by atoms with van der Waals surface area (Å²) < 4.78 is 2.00. The molecule has 1 aliphatic rings. The lowest BCUT2D eigenvalue weighted by molar-refractivity contribution is 0.213. The van der Waals surface area contributed by atoms with E-state index in [2.05, 4.69) is 46.1 Å². The van der Waals surface area contributed by atoms with Crippen LogP contribution < -0.4 is 0 Å². The third-order valence-corrected chi connectivity index (χ3v) is 5.20. The maximum Gasteiger partial charge on any atom is 0.0525 e. The lowest BCUT2D eigenvalue weighted by atomic mass is 9.92. The monoisotopic (exact) mass is 339 g/mol. The van der Waals surface area contributed by atoms with Gasteiger partial charge in [0.25, 0.3) is 0 Å². The van der Waals surface area contributed by atoms with Crippen LogP contribution in [0.15, 0.2) is 36.9 Å². The molecule has 0 unspecified atom stereocenters. The molecule has 0 aliphatic carbocycles. The number of aromatic nitrogens is 4. The van der Waals surface area contributed by atoms with E-state index in [-0.39, 0.29) is 12.5 Å².